The minimum absolute atomic E-state index is 0.112. The number of likely N-dealkylation sites (N-methyl/N-ethyl adjacent to an activating group) is 1. The number of rotatable bonds is 6. The second-order valence-electron chi connectivity index (χ2n) is 17.2. The van der Waals surface area contributed by atoms with Crippen LogP contribution in [0, 0.1) is 23.7 Å². The van der Waals surface area contributed by atoms with E-state index >= 15 is 0 Å². The van der Waals surface area contributed by atoms with Crippen LogP contribution >= 0.6 is 0 Å². The number of carbonyl (C=O) groups excluding carboxylic acids is 6. The molecule has 2 amide bonds. The van der Waals surface area contributed by atoms with E-state index < -0.39 is 113 Å². The van der Waals surface area contributed by atoms with Crippen LogP contribution in [0.1, 0.15) is 109 Å². The molecule has 3 fully saturated rings. The maximum absolute atomic E-state index is 14.6. The van der Waals surface area contributed by atoms with Crippen molar-refractivity contribution in [1.82, 2.24) is 9.80 Å². The summed E-state index contributed by atoms with van der Waals surface area (Å²) in [4.78, 5) is 83.8. The molecule has 14 atom stereocenters. The van der Waals surface area contributed by atoms with Crippen LogP contribution in [-0.2, 0) is 52.3 Å². The smallest absolute Gasteiger partial charge is 0.420 e. The van der Waals surface area contributed by atoms with Gasteiger partial charge in [0, 0.05) is 31.6 Å². The van der Waals surface area contributed by atoms with Gasteiger partial charge >= 0.3 is 30.1 Å². The van der Waals surface area contributed by atoms with E-state index in [1.165, 1.54) is 27.7 Å². The number of fused-ring (bicyclic) bond motifs is 1. The Hall–Kier alpha value is -3.34. The van der Waals surface area contributed by atoms with E-state index in [1.807, 2.05) is 25.9 Å². The van der Waals surface area contributed by atoms with Gasteiger partial charge in [-0.15, -0.1) is 0 Å². The summed E-state index contributed by atoms with van der Waals surface area (Å²) in [5.74, 6) is -6.86. The molecule has 0 unspecified atom stereocenters. The van der Waals surface area contributed by atoms with E-state index in [-0.39, 0.29) is 25.0 Å². The first-order chi connectivity index (χ1) is 25.2. The molecule has 16 heteroatoms. The maximum Gasteiger partial charge on any atom is 0.420 e. The highest BCUT2D eigenvalue weighted by Crippen LogP contribution is 2.44. The lowest BCUT2D eigenvalue weighted by molar-refractivity contribution is -0.302. The molecule has 3 aliphatic heterocycles. The van der Waals surface area contributed by atoms with Crippen molar-refractivity contribution in [2.45, 2.75) is 175 Å². The molecule has 3 aliphatic rings. The van der Waals surface area contributed by atoms with Gasteiger partial charge in [-0.05, 0) is 81.8 Å². The molecule has 0 aromatic carbocycles. The Morgan fingerprint density at radius 3 is 2.09 bits per heavy atom. The summed E-state index contributed by atoms with van der Waals surface area (Å²) in [6.07, 6.45) is -8.17. The molecule has 314 valence electrons. The van der Waals surface area contributed by atoms with E-state index in [9.17, 15) is 33.9 Å². The third-order valence-electron chi connectivity index (χ3n) is 11.1. The fourth-order valence-corrected chi connectivity index (χ4v) is 8.55. The number of ether oxygens (including phenoxy) is 7. The monoisotopic (exact) mass is 784 g/mol. The normalized spacial score (nSPS) is 39.4. The number of esters is 3. The SMILES string of the molecule is CC[C@H]1OC(=O)[C@H](C)[C@@H](O)[C@H](C)[C@@H](O[C@@H]2O[C@H](C)C[C@H](N(C)C)[C@H]2OC(C)=O)[C@](C)(OC(C)=O)C[C@@H](C)C(=O)[C@H](C)[C@H]2N(C(=O)OC(C)(C)C)C(=O)O[C@]12C. The van der Waals surface area contributed by atoms with Crippen molar-refractivity contribution in [3.8, 4) is 0 Å². The number of hydrogen-bond donors (Lipinski definition) is 1. The van der Waals surface area contributed by atoms with E-state index in [1.54, 1.807) is 55.4 Å². The second-order valence-corrected chi connectivity index (χ2v) is 17.2. The first kappa shape index (κ1) is 46.0. The summed E-state index contributed by atoms with van der Waals surface area (Å²) < 4.78 is 42.2. The Balaban J connectivity index is 2.26. The Labute approximate surface area is 325 Å². The number of carbonyl (C=O) groups is 6. The van der Waals surface area contributed by atoms with Gasteiger partial charge in [0.25, 0.3) is 0 Å². The van der Waals surface area contributed by atoms with E-state index in [0.717, 1.165) is 4.90 Å². The van der Waals surface area contributed by atoms with Crippen molar-refractivity contribution in [1.29, 1.82) is 0 Å². The molecular weight excluding hydrogens is 720 g/mol. The molecule has 3 saturated heterocycles. The highest BCUT2D eigenvalue weighted by molar-refractivity contribution is 5.93. The number of hydrogen-bond acceptors (Lipinski definition) is 15. The summed E-state index contributed by atoms with van der Waals surface area (Å²) in [6, 6.07) is -1.66. The average molecular weight is 785 g/mol. The van der Waals surface area contributed by atoms with Gasteiger partial charge in [-0.2, -0.15) is 0 Å². The minimum atomic E-state index is -1.72. The van der Waals surface area contributed by atoms with Crippen LogP contribution in [0.15, 0.2) is 0 Å². The second kappa shape index (κ2) is 17.4. The third kappa shape index (κ3) is 10.2. The van der Waals surface area contributed by atoms with Crippen LogP contribution in [0.25, 0.3) is 0 Å². The molecule has 0 aliphatic carbocycles. The Bertz CT molecular complexity index is 1450. The topological polar surface area (TPSA) is 194 Å². The molecule has 16 nitrogen and oxygen atoms in total. The first-order valence-corrected chi connectivity index (χ1v) is 19.2. The Morgan fingerprint density at radius 1 is 0.982 bits per heavy atom. The van der Waals surface area contributed by atoms with Crippen LogP contribution in [-0.4, -0.2) is 131 Å². The number of aliphatic hydroxyl groups excluding tert-OH is 1. The fraction of sp³-hybridized carbons (Fsp3) is 0.846. The molecule has 0 aromatic rings. The molecule has 0 saturated carbocycles. The van der Waals surface area contributed by atoms with E-state index in [2.05, 4.69) is 0 Å². The van der Waals surface area contributed by atoms with Crippen molar-refractivity contribution < 1.29 is 67.0 Å². The van der Waals surface area contributed by atoms with Crippen LogP contribution < -0.4 is 0 Å². The Kier molecular flexibility index (Phi) is 14.6. The molecule has 3 rings (SSSR count). The summed E-state index contributed by atoms with van der Waals surface area (Å²) in [5.41, 5.74) is -4.42. The van der Waals surface area contributed by atoms with Crippen LogP contribution in [0.4, 0.5) is 9.59 Å². The summed E-state index contributed by atoms with van der Waals surface area (Å²) in [6.45, 7) is 20.2. The van der Waals surface area contributed by atoms with Gasteiger partial charge in [0.1, 0.15) is 29.2 Å². The van der Waals surface area contributed by atoms with Crippen LogP contribution in [0.5, 0.6) is 0 Å². The molecule has 0 spiro atoms. The fourth-order valence-electron chi connectivity index (χ4n) is 8.55. The number of aliphatic hydroxyl groups is 1. The zero-order chi connectivity index (χ0) is 42.1. The first-order valence-electron chi connectivity index (χ1n) is 19.2. The molecular formula is C39H64N2O14. The number of nitrogens with zero attached hydrogens (tertiary/aromatic N) is 2. The number of cyclic esters (lactones) is 1. The number of amides is 2. The lowest BCUT2D eigenvalue weighted by Crippen LogP contribution is -2.61. The molecule has 3 heterocycles. The third-order valence-corrected chi connectivity index (χ3v) is 11.1. The zero-order valence-corrected chi connectivity index (χ0v) is 35.2. The predicted octanol–water partition coefficient (Wildman–Crippen LogP) is 4.40. The summed E-state index contributed by atoms with van der Waals surface area (Å²) >= 11 is 0. The van der Waals surface area contributed by atoms with Gasteiger partial charge in [-0.3, -0.25) is 19.2 Å². The van der Waals surface area contributed by atoms with Crippen LogP contribution in [0.3, 0.4) is 0 Å². The predicted molar refractivity (Wildman–Crippen MR) is 196 cm³/mol. The van der Waals surface area contributed by atoms with Crippen LogP contribution in [0.2, 0.25) is 0 Å². The largest absolute Gasteiger partial charge is 0.458 e. The van der Waals surface area contributed by atoms with Gasteiger partial charge in [0.05, 0.1) is 30.2 Å². The quantitative estimate of drug-likeness (QED) is 0.294. The maximum atomic E-state index is 14.6. The van der Waals surface area contributed by atoms with Gasteiger partial charge in [-0.1, -0.05) is 27.7 Å². The van der Waals surface area contributed by atoms with Crippen molar-refractivity contribution in [2.24, 2.45) is 23.7 Å². The number of Topliss-reactive ketones (excluding diaryl/α,β-unsaturated/α-hetero) is 1. The van der Waals surface area contributed by atoms with E-state index in [0.29, 0.717) is 6.42 Å². The van der Waals surface area contributed by atoms with Crippen molar-refractivity contribution in [2.75, 3.05) is 14.1 Å². The summed E-state index contributed by atoms with van der Waals surface area (Å²) in [7, 11) is 3.66. The van der Waals surface area contributed by atoms with Gasteiger partial charge in [0.15, 0.2) is 18.0 Å². The lowest BCUT2D eigenvalue weighted by atomic mass is 9.73. The van der Waals surface area contributed by atoms with Crippen molar-refractivity contribution >= 4 is 35.9 Å². The lowest BCUT2D eigenvalue weighted by Gasteiger charge is -2.48. The van der Waals surface area contributed by atoms with Gasteiger partial charge in [-0.25, -0.2) is 14.5 Å². The summed E-state index contributed by atoms with van der Waals surface area (Å²) in [5, 5.41) is 12.0. The highest BCUT2D eigenvalue weighted by Gasteiger charge is 2.63. The molecule has 0 bridgehead atoms. The van der Waals surface area contributed by atoms with Crippen molar-refractivity contribution in [3.63, 3.8) is 0 Å². The van der Waals surface area contributed by atoms with Crippen molar-refractivity contribution in [3.05, 3.63) is 0 Å². The average Bonchev–Trinajstić information content (AvgIpc) is 3.33. The number of imide groups is 1. The standard InChI is InChI=1S/C39H64N2O14/c1-16-27-39(13)31(41(36(48)55-39)35(47)54-37(9,10)11)21(4)28(44)19(2)18-38(12,53-25(8)43)32(22(5)29(45)23(6)33(46)51-27)52-34-30(50-24(7)42)26(40(14)15)17-20(3)49-34/h19-23,26-27,29-32,34,45H,16-18H2,1-15H3/t19-,20-,21+,22+,23-,26+,27-,29+,30-,31-,32-,34+,38-,39-/m1/s1. The molecule has 0 aromatic heterocycles. The molecule has 1 N–H and O–H groups in total. The van der Waals surface area contributed by atoms with E-state index in [4.69, 9.17) is 33.2 Å². The highest BCUT2D eigenvalue weighted by atomic mass is 16.7. The number of ketones is 1. The molecule has 55 heavy (non-hydrogen) atoms. The van der Waals surface area contributed by atoms with Gasteiger partial charge in [0.2, 0.25) is 0 Å². The zero-order valence-electron chi connectivity index (χ0n) is 35.2. The Morgan fingerprint density at radius 2 is 1.58 bits per heavy atom. The van der Waals surface area contributed by atoms with Gasteiger partial charge < -0.3 is 43.2 Å². The molecule has 0 radical (unpaired) electrons. The minimum Gasteiger partial charge on any atom is -0.458 e.